The van der Waals surface area contributed by atoms with Crippen molar-refractivity contribution in [3.8, 4) is 6.07 Å². The zero-order valence-electron chi connectivity index (χ0n) is 13.3. The molecule has 0 atom stereocenters. The zero-order chi connectivity index (χ0) is 15.2. The molecule has 4 heteroatoms. The first-order chi connectivity index (χ1) is 10.6. The molecule has 1 amide bonds. The summed E-state index contributed by atoms with van der Waals surface area (Å²) in [6.45, 7) is 0. The molecule has 0 aromatic rings. The van der Waals surface area contributed by atoms with E-state index in [0.717, 1.165) is 43.4 Å². The summed E-state index contributed by atoms with van der Waals surface area (Å²) in [5, 5.41) is 12.4. The lowest BCUT2D eigenvalue weighted by atomic mass is 9.56. The van der Waals surface area contributed by atoms with E-state index < -0.39 is 5.54 Å². The molecule has 5 fully saturated rings. The fourth-order valence-electron chi connectivity index (χ4n) is 5.97. The fourth-order valence-corrected chi connectivity index (χ4v) is 7.54. The molecule has 0 radical (unpaired) electrons. The van der Waals surface area contributed by atoms with Gasteiger partial charge in [0.15, 0.2) is 0 Å². The minimum Gasteiger partial charge on any atom is -0.337 e. The minimum absolute atomic E-state index is 0.0872. The predicted octanol–water partition coefficient (Wildman–Crippen LogP) is 3.64. The van der Waals surface area contributed by atoms with Crippen LogP contribution in [-0.4, -0.2) is 21.9 Å². The largest absolute Gasteiger partial charge is 0.337 e. The van der Waals surface area contributed by atoms with Crippen LogP contribution in [0.3, 0.4) is 0 Å². The van der Waals surface area contributed by atoms with Gasteiger partial charge in [-0.1, -0.05) is 0 Å². The van der Waals surface area contributed by atoms with Gasteiger partial charge in [-0.15, -0.1) is 11.8 Å². The molecule has 120 valence electrons. The summed E-state index contributed by atoms with van der Waals surface area (Å²) in [6, 6.07) is 2.36. The van der Waals surface area contributed by atoms with Gasteiger partial charge in [-0.2, -0.15) is 5.26 Å². The maximum atomic E-state index is 12.4. The van der Waals surface area contributed by atoms with Crippen LogP contribution >= 0.6 is 11.8 Å². The Morgan fingerprint density at radius 3 is 2.14 bits per heavy atom. The van der Waals surface area contributed by atoms with Gasteiger partial charge in [0, 0.05) is 4.75 Å². The SMILES string of the molecule is N#CC1(NC(=O)CSC23CC4CC(CC(C4)C2)C3)CCCC1. The van der Waals surface area contributed by atoms with Gasteiger partial charge < -0.3 is 5.32 Å². The van der Waals surface area contributed by atoms with E-state index in [-0.39, 0.29) is 5.91 Å². The second-order valence-electron chi connectivity index (χ2n) is 8.34. The number of nitriles is 1. The number of nitrogens with zero attached hydrogens (tertiary/aromatic N) is 1. The fraction of sp³-hybridized carbons (Fsp3) is 0.889. The number of carbonyl (C=O) groups excluding carboxylic acids is 1. The van der Waals surface area contributed by atoms with Crippen molar-refractivity contribution in [3.63, 3.8) is 0 Å². The minimum atomic E-state index is -0.556. The molecule has 0 spiro atoms. The summed E-state index contributed by atoms with van der Waals surface area (Å²) in [7, 11) is 0. The highest BCUT2D eigenvalue weighted by Gasteiger charge is 2.51. The molecule has 0 heterocycles. The molecule has 22 heavy (non-hydrogen) atoms. The van der Waals surface area contributed by atoms with Crippen molar-refractivity contribution in [3.05, 3.63) is 0 Å². The summed E-state index contributed by atoms with van der Waals surface area (Å²) >= 11 is 1.91. The molecule has 4 bridgehead atoms. The highest BCUT2D eigenvalue weighted by atomic mass is 32.2. The molecule has 0 aromatic carbocycles. The smallest absolute Gasteiger partial charge is 0.231 e. The quantitative estimate of drug-likeness (QED) is 0.861. The van der Waals surface area contributed by atoms with Gasteiger partial charge in [0.25, 0.3) is 0 Å². The number of carbonyl (C=O) groups is 1. The molecule has 1 N–H and O–H groups in total. The van der Waals surface area contributed by atoms with Gasteiger partial charge in [0.05, 0.1) is 11.8 Å². The lowest BCUT2D eigenvalue weighted by Gasteiger charge is -2.56. The maximum absolute atomic E-state index is 12.4. The molecule has 0 aliphatic heterocycles. The topological polar surface area (TPSA) is 52.9 Å². The van der Waals surface area contributed by atoms with E-state index in [1.807, 2.05) is 11.8 Å². The number of thioether (sulfide) groups is 1. The number of nitrogens with one attached hydrogen (secondary N) is 1. The number of hydrogen-bond donors (Lipinski definition) is 1. The Morgan fingerprint density at radius 1 is 1.09 bits per heavy atom. The maximum Gasteiger partial charge on any atom is 0.231 e. The molecular weight excluding hydrogens is 292 g/mol. The average Bonchev–Trinajstić information content (AvgIpc) is 2.93. The second-order valence-corrected chi connectivity index (χ2v) is 9.78. The Labute approximate surface area is 137 Å². The van der Waals surface area contributed by atoms with Crippen LogP contribution in [-0.2, 0) is 4.79 Å². The van der Waals surface area contributed by atoms with Crippen LogP contribution in [0.25, 0.3) is 0 Å². The molecule has 5 aliphatic carbocycles. The summed E-state index contributed by atoms with van der Waals surface area (Å²) in [5.41, 5.74) is -0.556. The van der Waals surface area contributed by atoms with Crippen molar-refractivity contribution in [1.82, 2.24) is 5.32 Å². The average molecular weight is 318 g/mol. The Morgan fingerprint density at radius 2 is 1.64 bits per heavy atom. The van der Waals surface area contributed by atoms with Gasteiger partial charge in [-0.25, -0.2) is 0 Å². The van der Waals surface area contributed by atoms with Crippen LogP contribution in [0.1, 0.15) is 64.2 Å². The van der Waals surface area contributed by atoms with E-state index in [0.29, 0.717) is 10.5 Å². The van der Waals surface area contributed by atoms with Crippen LogP contribution in [0.5, 0.6) is 0 Å². The van der Waals surface area contributed by atoms with Crippen molar-refractivity contribution in [2.24, 2.45) is 17.8 Å². The van der Waals surface area contributed by atoms with Gasteiger partial charge in [-0.3, -0.25) is 4.79 Å². The third-order valence-electron chi connectivity index (χ3n) is 6.54. The Hall–Kier alpha value is -0.690. The van der Waals surface area contributed by atoms with Crippen LogP contribution in [0.4, 0.5) is 0 Å². The summed E-state index contributed by atoms with van der Waals surface area (Å²) in [6.07, 6.45) is 12.1. The monoisotopic (exact) mass is 318 g/mol. The standard InChI is InChI=1S/C18H26N2OS/c19-12-17(3-1-2-4-17)20-16(21)11-22-18-8-13-5-14(9-18)7-15(6-13)10-18/h13-15H,1-11H2,(H,20,21). The first kappa shape index (κ1) is 14.9. The highest BCUT2D eigenvalue weighted by Crippen LogP contribution is 2.60. The summed E-state index contributed by atoms with van der Waals surface area (Å²) < 4.78 is 0.390. The van der Waals surface area contributed by atoms with Crippen molar-refractivity contribution < 1.29 is 4.79 Å². The van der Waals surface area contributed by atoms with Gasteiger partial charge >= 0.3 is 0 Å². The molecular formula is C18H26N2OS. The number of hydrogen-bond acceptors (Lipinski definition) is 3. The molecule has 5 rings (SSSR count). The third kappa shape index (κ3) is 2.66. The predicted molar refractivity (Wildman–Crippen MR) is 88.3 cm³/mol. The molecule has 3 nitrogen and oxygen atoms in total. The van der Waals surface area contributed by atoms with E-state index in [1.165, 1.54) is 38.5 Å². The van der Waals surface area contributed by atoms with Gasteiger partial charge in [0.2, 0.25) is 5.91 Å². The highest BCUT2D eigenvalue weighted by molar-refractivity contribution is 8.01. The molecule has 0 saturated heterocycles. The van der Waals surface area contributed by atoms with Crippen molar-refractivity contribution >= 4 is 17.7 Å². The lowest BCUT2D eigenvalue weighted by molar-refractivity contribution is -0.119. The second kappa shape index (κ2) is 5.44. The van der Waals surface area contributed by atoms with Crippen molar-refractivity contribution in [2.75, 3.05) is 5.75 Å². The van der Waals surface area contributed by atoms with Crippen molar-refractivity contribution in [1.29, 1.82) is 5.26 Å². The van der Waals surface area contributed by atoms with E-state index in [4.69, 9.17) is 0 Å². The van der Waals surface area contributed by atoms with E-state index in [9.17, 15) is 10.1 Å². The summed E-state index contributed by atoms with van der Waals surface area (Å²) in [5.74, 6) is 3.44. The molecule has 0 unspecified atom stereocenters. The number of rotatable bonds is 4. The van der Waals surface area contributed by atoms with Gasteiger partial charge in [0.1, 0.15) is 5.54 Å². The molecule has 5 aliphatic rings. The first-order valence-corrected chi connectivity index (χ1v) is 9.95. The van der Waals surface area contributed by atoms with Gasteiger partial charge in [-0.05, 0) is 82.0 Å². The summed E-state index contributed by atoms with van der Waals surface area (Å²) in [4.78, 5) is 12.4. The lowest BCUT2D eigenvalue weighted by Crippen LogP contribution is -2.50. The Bertz CT molecular complexity index is 468. The normalized spacial score (nSPS) is 41.3. The van der Waals surface area contributed by atoms with E-state index >= 15 is 0 Å². The zero-order valence-corrected chi connectivity index (χ0v) is 14.1. The van der Waals surface area contributed by atoms with E-state index in [2.05, 4.69) is 11.4 Å². The van der Waals surface area contributed by atoms with Crippen LogP contribution in [0.15, 0.2) is 0 Å². The van der Waals surface area contributed by atoms with Crippen LogP contribution in [0, 0.1) is 29.1 Å². The Balaban J connectivity index is 1.35. The van der Waals surface area contributed by atoms with E-state index in [1.54, 1.807) is 0 Å². The number of amides is 1. The van der Waals surface area contributed by atoms with Crippen molar-refractivity contribution in [2.45, 2.75) is 74.5 Å². The van der Waals surface area contributed by atoms with Crippen LogP contribution < -0.4 is 5.32 Å². The Kier molecular flexibility index (Phi) is 3.68. The van der Waals surface area contributed by atoms with Crippen LogP contribution in [0.2, 0.25) is 0 Å². The molecule has 5 saturated carbocycles. The molecule has 0 aromatic heterocycles. The third-order valence-corrected chi connectivity index (χ3v) is 8.06. The first-order valence-electron chi connectivity index (χ1n) is 8.97.